The number of aromatic amines is 1. The highest BCUT2D eigenvalue weighted by Crippen LogP contribution is 2.41. The van der Waals surface area contributed by atoms with Gasteiger partial charge in [0.15, 0.2) is 17.7 Å². The first-order chi connectivity index (χ1) is 19.2. The van der Waals surface area contributed by atoms with Crippen molar-refractivity contribution in [3.05, 3.63) is 42.2 Å². The minimum Gasteiger partial charge on any atom is -0.388 e. The summed E-state index contributed by atoms with van der Waals surface area (Å²) in [5.74, 6) is 2.76. The lowest BCUT2D eigenvalue weighted by atomic mass is 9.76. The van der Waals surface area contributed by atoms with Crippen LogP contribution in [0.5, 0.6) is 0 Å². The minimum absolute atomic E-state index is 0.262. The number of rotatable bonds is 9. The summed E-state index contributed by atoms with van der Waals surface area (Å²) in [6.07, 6.45) is 6.89. The Bertz CT molecular complexity index is 1520. The van der Waals surface area contributed by atoms with E-state index in [1.165, 1.54) is 31.1 Å². The molecule has 4 atom stereocenters. The largest absolute Gasteiger partial charge is 0.388 e. The summed E-state index contributed by atoms with van der Waals surface area (Å²) in [5.41, 5.74) is 10.2. The number of nitrogens with one attached hydrogen (secondary N) is 2. The van der Waals surface area contributed by atoms with Crippen LogP contribution in [0.25, 0.3) is 22.2 Å². The van der Waals surface area contributed by atoms with Gasteiger partial charge in [0, 0.05) is 18.0 Å². The molecule has 3 fully saturated rings. The molecule has 40 heavy (non-hydrogen) atoms. The van der Waals surface area contributed by atoms with E-state index in [1.807, 2.05) is 0 Å². The van der Waals surface area contributed by atoms with Gasteiger partial charge in [0.2, 0.25) is 0 Å². The van der Waals surface area contributed by atoms with Gasteiger partial charge in [-0.3, -0.25) is 4.57 Å². The third-order valence-corrected chi connectivity index (χ3v) is 8.93. The van der Waals surface area contributed by atoms with Crippen LogP contribution in [0.3, 0.4) is 0 Å². The van der Waals surface area contributed by atoms with Crippen LogP contribution in [0.1, 0.15) is 75.9 Å². The van der Waals surface area contributed by atoms with E-state index in [0.29, 0.717) is 29.5 Å². The van der Waals surface area contributed by atoms with Gasteiger partial charge in [-0.2, -0.15) is 0 Å². The van der Waals surface area contributed by atoms with E-state index >= 15 is 0 Å². The zero-order valence-corrected chi connectivity index (χ0v) is 23.0. The fourth-order valence-electron chi connectivity index (χ4n) is 6.59. The smallest absolute Gasteiger partial charge is 0.167 e. The Morgan fingerprint density at radius 2 is 1.98 bits per heavy atom. The summed E-state index contributed by atoms with van der Waals surface area (Å²) in [6.45, 7) is 4.25. The van der Waals surface area contributed by atoms with Crippen molar-refractivity contribution in [1.82, 2.24) is 34.8 Å². The molecule has 0 amide bonds. The number of aliphatic hydroxyl groups excluding tert-OH is 2. The Morgan fingerprint density at radius 3 is 2.77 bits per heavy atom. The maximum atomic E-state index is 10.8. The van der Waals surface area contributed by atoms with E-state index in [2.05, 4.69) is 57.3 Å². The maximum Gasteiger partial charge on any atom is 0.167 e. The van der Waals surface area contributed by atoms with Gasteiger partial charge in [0.05, 0.1) is 23.5 Å². The molecule has 0 radical (unpaired) electrons. The van der Waals surface area contributed by atoms with Crippen LogP contribution in [0.2, 0.25) is 0 Å². The van der Waals surface area contributed by atoms with Crippen LogP contribution in [-0.2, 0) is 11.2 Å². The number of hydrogen-bond acceptors (Lipinski definition) is 9. The Labute approximate surface area is 232 Å². The third-order valence-electron chi connectivity index (χ3n) is 8.93. The van der Waals surface area contributed by atoms with Crippen LogP contribution in [0.15, 0.2) is 30.9 Å². The fraction of sp³-hybridized carbons (Fsp3) is 0.586. The second kappa shape index (κ2) is 9.76. The van der Waals surface area contributed by atoms with Crippen molar-refractivity contribution in [2.45, 2.75) is 101 Å². The van der Waals surface area contributed by atoms with Gasteiger partial charge in [0.25, 0.3) is 0 Å². The molecule has 4 heterocycles. The van der Waals surface area contributed by atoms with Crippen molar-refractivity contribution in [3.8, 4) is 0 Å². The summed E-state index contributed by atoms with van der Waals surface area (Å²) in [4.78, 5) is 20.8. The molecule has 1 aromatic carbocycles. The topological polar surface area (TPSA) is 160 Å². The van der Waals surface area contributed by atoms with Crippen molar-refractivity contribution >= 4 is 28.0 Å². The third kappa shape index (κ3) is 4.85. The number of H-pyrrole nitrogens is 1. The predicted octanol–water partition coefficient (Wildman–Crippen LogP) is 2.95. The van der Waals surface area contributed by atoms with E-state index in [4.69, 9.17) is 15.5 Å². The predicted molar refractivity (Wildman–Crippen MR) is 150 cm³/mol. The van der Waals surface area contributed by atoms with E-state index in [0.717, 1.165) is 48.5 Å². The first-order valence-corrected chi connectivity index (χ1v) is 14.4. The minimum atomic E-state index is -1.11. The van der Waals surface area contributed by atoms with Crippen molar-refractivity contribution < 1.29 is 14.9 Å². The van der Waals surface area contributed by atoms with Gasteiger partial charge in [-0.1, -0.05) is 6.07 Å². The zero-order chi connectivity index (χ0) is 27.6. The number of aromatic nitrogens is 6. The molecule has 0 unspecified atom stereocenters. The average molecular weight is 547 g/mol. The first-order valence-electron chi connectivity index (χ1n) is 14.4. The molecule has 1 aliphatic heterocycles. The molecule has 2 aliphatic carbocycles. The van der Waals surface area contributed by atoms with Gasteiger partial charge in [-0.05, 0) is 81.9 Å². The van der Waals surface area contributed by atoms with Crippen molar-refractivity contribution in [2.24, 2.45) is 5.92 Å². The van der Waals surface area contributed by atoms with E-state index < -0.39 is 24.5 Å². The number of benzene rings is 1. The number of nitrogen functional groups attached to an aromatic ring is 1. The average Bonchev–Trinajstić information content (AvgIpc) is 3.44. The number of aliphatic hydroxyl groups is 2. The summed E-state index contributed by atoms with van der Waals surface area (Å²) in [6, 6.07) is 7.10. The van der Waals surface area contributed by atoms with Crippen LogP contribution in [0.4, 0.5) is 5.82 Å². The van der Waals surface area contributed by atoms with Crippen molar-refractivity contribution in [1.29, 1.82) is 0 Å². The maximum absolute atomic E-state index is 10.8. The van der Waals surface area contributed by atoms with Crippen molar-refractivity contribution in [3.63, 3.8) is 0 Å². The quantitative estimate of drug-likeness (QED) is 0.213. The summed E-state index contributed by atoms with van der Waals surface area (Å²) >= 11 is 0. The van der Waals surface area contributed by atoms with Gasteiger partial charge in [0.1, 0.15) is 29.9 Å². The van der Waals surface area contributed by atoms with E-state index in [-0.39, 0.29) is 11.4 Å². The van der Waals surface area contributed by atoms with Crippen molar-refractivity contribution in [2.75, 3.05) is 5.73 Å². The normalized spacial score (nSPS) is 28.9. The summed E-state index contributed by atoms with van der Waals surface area (Å²) in [7, 11) is 0. The molecule has 0 spiro atoms. The molecule has 3 aromatic heterocycles. The van der Waals surface area contributed by atoms with E-state index in [1.54, 1.807) is 4.57 Å². The van der Waals surface area contributed by atoms with Gasteiger partial charge >= 0.3 is 0 Å². The molecule has 7 rings (SSSR count). The Morgan fingerprint density at radius 1 is 1.15 bits per heavy atom. The fourth-order valence-corrected chi connectivity index (χ4v) is 6.59. The molecule has 11 heteroatoms. The van der Waals surface area contributed by atoms with Crippen LogP contribution in [0, 0.1) is 5.92 Å². The molecule has 2 saturated carbocycles. The Balaban J connectivity index is 0.909. The highest BCUT2D eigenvalue weighted by molar-refractivity contribution is 5.81. The summed E-state index contributed by atoms with van der Waals surface area (Å²) in [5, 5.41) is 25.4. The molecule has 4 aromatic rings. The number of aryl methyl sites for hydroxylation is 1. The molecular formula is C29H38N8O3. The zero-order valence-electron chi connectivity index (χ0n) is 23.0. The highest BCUT2D eigenvalue weighted by atomic mass is 16.6. The molecule has 212 valence electrons. The molecule has 6 N–H and O–H groups in total. The number of anilines is 1. The molecule has 0 bridgehead atoms. The number of ether oxygens (including phenoxy) is 1. The molecular weight excluding hydrogens is 508 g/mol. The monoisotopic (exact) mass is 546 g/mol. The highest BCUT2D eigenvalue weighted by Gasteiger charge is 2.46. The van der Waals surface area contributed by atoms with Gasteiger partial charge in [-0.15, -0.1) is 0 Å². The lowest BCUT2D eigenvalue weighted by molar-refractivity contribution is -0.0447. The second-order valence-corrected chi connectivity index (χ2v) is 12.7. The lowest BCUT2D eigenvalue weighted by Gasteiger charge is -2.42. The second-order valence-electron chi connectivity index (χ2n) is 12.7. The van der Waals surface area contributed by atoms with Crippen LogP contribution < -0.4 is 11.1 Å². The van der Waals surface area contributed by atoms with Crippen LogP contribution in [-0.4, -0.2) is 69.6 Å². The SMILES string of the molecule is CC(C)(C[C@H]1O[C@@H](n2cnc3c(N)ncnc32)[C@H](O)[C@@H]1O)N[C@H]1C[C@H](CCc2nc3cc(C4CC4)ccc3[nH]2)C1. The van der Waals surface area contributed by atoms with Crippen LogP contribution >= 0.6 is 0 Å². The summed E-state index contributed by atoms with van der Waals surface area (Å²) < 4.78 is 7.79. The Hall–Kier alpha value is -3.12. The molecule has 3 aliphatic rings. The number of nitrogens with zero attached hydrogens (tertiary/aromatic N) is 5. The number of imidazole rings is 2. The number of fused-ring (bicyclic) bond motifs is 2. The Kier molecular flexibility index (Phi) is 6.30. The van der Waals surface area contributed by atoms with E-state index in [9.17, 15) is 10.2 Å². The first kappa shape index (κ1) is 25.8. The number of nitrogens with two attached hydrogens (primary N) is 1. The molecule has 11 nitrogen and oxygen atoms in total. The molecule has 1 saturated heterocycles. The number of hydrogen-bond donors (Lipinski definition) is 5. The van der Waals surface area contributed by atoms with Gasteiger partial charge < -0.3 is 31.0 Å². The van der Waals surface area contributed by atoms with Gasteiger partial charge in [-0.25, -0.2) is 19.9 Å². The lowest BCUT2D eigenvalue weighted by Crippen LogP contribution is -2.53. The standard InChI is InChI=1S/C29H38N8O3/c1-29(2,12-21-24(38)25(39)28(40-21)37-14-33-23-26(30)31-13-32-27(23)37)36-18-9-15(10-18)3-8-22-34-19-7-6-17(16-4-5-16)11-20(19)35-22/h6-7,11,13-16,18,21,24-25,28,36,38-39H,3-5,8-10,12H2,1-2H3,(H,34,35)(H2,30,31,32)/t15-,18-,21-,24-,25-,28-/m1/s1.